The molecular formula is C13H20N2O. The van der Waals surface area contributed by atoms with Crippen molar-refractivity contribution >= 4 is 17.3 Å². The molecule has 0 aromatic heterocycles. The monoisotopic (exact) mass is 220 g/mol. The molecule has 1 rings (SSSR count). The third kappa shape index (κ3) is 3.93. The van der Waals surface area contributed by atoms with E-state index in [1.165, 1.54) is 0 Å². The Morgan fingerprint density at radius 1 is 1.12 bits per heavy atom. The topological polar surface area (TPSA) is 41.1 Å². The Morgan fingerprint density at radius 3 is 2.31 bits per heavy atom. The summed E-state index contributed by atoms with van der Waals surface area (Å²) in [4.78, 5) is 11.5. The maximum absolute atomic E-state index is 11.5. The normalized spacial score (nSPS) is 10.6. The van der Waals surface area contributed by atoms with Crippen LogP contribution in [0.3, 0.4) is 0 Å². The largest absolute Gasteiger partial charge is 0.383 e. The first-order chi connectivity index (χ1) is 7.49. The van der Waals surface area contributed by atoms with Crippen LogP contribution in [-0.2, 0) is 4.79 Å². The molecule has 0 saturated heterocycles. The highest BCUT2D eigenvalue weighted by Gasteiger charge is 2.07. The molecule has 0 aliphatic carbocycles. The van der Waals surface area contributed by atoms with Crippen molar-refractivity contribution in [3.05, 3.63) is 24.3 Å². The smallest absolute Gasteiger partial charge is 0.226 e. The fraction of sp³-hybridized carbons (Fsp3) is 0.462. The molecule has 0 aliphatic rings. The van der Waals surface area contributed by atoms with E-state index in [1.54, 1.807) is 0 Å². The molecule has 1 amide bonds. The van der Waals surface area contributed by atoms with Crippen LogP contribution in [0.5, 0.6) is 0 Å². The molecule has 0 heterocycles. The highest BCUT2D eigenvalue weighted by molar-refractivity contribution is 5.92. The zero-order valence-corrected chi connectivity index (χ0v) is 10.4. The number of hydrogen-bond acceptors (Lipinski definition) is 2. The van der Waals surface area contributed by atoms with E-state index in [1.807, 2.05) is 38.1 Å². The minimum absolute atomic E-state index is 0.00159. The first-order valence-corrected chi connectivity index (χ1v) is 5.66. The van der Waals surface area contributed by atoms with Gasteiger partial charge in [-0.1, -0.05) is 19.9 Å². The minimum Gasteiger partial charge on any atom is -0.383 e. The van der Waals surface area contributed by atoms with Gasteiger partial charge in [0.25, 0.3) is 0 Å². The molecule has 0 spiro atoms. The Kier molecular flexibility index (Phi) is 4.35. The number of rotatable bonds is 4. The summed E-state index contributed by atoms with van der Waals surface area (Å²) >= 11 is 0. The summed E-state index contributed by atoms with van der Waals surface area (Å²) in [6.45, 7) is 7.93. The van der Waals surface area contributed by atoms with Gasteiger partial charge >= 0.3 is 0 Å². The molecule has 1 aromatic rings. The van der Waals surface area contributed by atoms with Gasteiger partial charge in [0.15, 0.2) is 0 Å². The van der Waals surface area contributed by atoms with Gasteiger partial charge in [-0.15, -0.1) is 0 Å². The van der Waals surface area contributed by atoms with E-state index in [9.17, 15) is 4.79 Å². The molecule has 0 saturated carbocycles. The van der Waals surface area contributed by atoms with Crippen molar-refractivity contribution in [2.24, 2.45) is 5.92 Å². The molecule has 0 radical (unpaired) electrons. The van der Waals surface area contributed by atoms with Crippen LogP contribution in [0.2, 0.25) is 0 Å². The molecule has 2 N–H and O–H groups in total. The minimum atomic E-state index is 0.00159. The first kappa shape index (κ1) is 12.6. The Morgan fingerprint density at radius 2 is 1.75 bits per heavy atom. The second kappa shape index (κ2) is 5.54. The molecule has 16 heavy (non-hydrogen) atoms. The Labute approximate surface area is 97.2 Å². The zero-order chi connectivity index (χ0) is 12.1. The maximum Gasteiger partial charge on any atom is 0.226 e. The zero-order valence-electron chi connectivity index (χ0n) is 10.4. The summed E-state index contributed by atoms with van der Waals surface area (Å²) in [5.41, 5.74) is 1.86. The van der Waals surface area contributed by atoms with E-state index >= 15 is 0 Å². The predicted molar refractivity (Wildman–Crippen MR) is 68.7 cm³/mol. The van der Waals surface area contributed by atoms with E-state index in [-0.39, 0.29) is 11.8 Å². The van der Waals surface area contributed by atoms with Crippen LogP contribution in [0.1, 0.15) is 27.7 Å². The molecule has 88 valence electrons. The third-order valence-corrected chi connectivity index (χ3v) is 2.11. The van der Waals surface area contributed by atoms with E-state index in [4.69, 9.17) is 0 Å². The van der Waals surface area contributed by atoms with Gasteiger partial charge in [-0.3, -0.25) is 4.79 Å². The Balaban J connectivity index is 2.71. The lowest BCUT2D eigenvalue weighted by Crippen LogP contribution is -2.18. The van der Waals surface area contributed by atoms with Crippen molar-refractivity contribution < 1.29 is 4.79 Å². The summed E-state index contributed by atoms with van der Waals surface area (Å²) in [7, 11) is 0. The number of amides is 1. The number of benzene rings is 1. The summed E-state index contributed by atoms with van der Waals surface area (Å²) in [5, 5.41) is 6.17. The number of carbonyl (C=O) groups excluding carboxylic acids is 1. The van der Waals surface area contributed by atoms with E-state index in [0.29, 0.717) is 6.04 Å². The lowest BCUT2D eigenvalue weighted by molar-refractivity contribution is -0.118. The molecule has 0 atom stereocenters. The molecule has 0 fully saturated rings. The molecule has 1 aromatic carbocycles. The first-order valence-electron chi connectivity index (χ1n) is 5.66. The van der Waals surface area contributed by atoms with Gasteiger partial charge in [0.1, 0.15) is 0 Å². The number of carbonyl (C=O) groups is 1. The third-order valence-electron chi connectivity index (χ3n) is 2.11. The van der Waals surface area contributed by atoms with Crippen LogP contribution in [0.15, 0.2) is 24.3 Å². The summed E-state index contributed by atoms with van der Waals surface area (Å²) in [6.07, 6.45) is 0. The average Bonchev–Trinajstić information content (AvgIpc) is 2.16. The molecule has 0 bridgehead atoms. The van der Waals surface area contributed by atoms with Crippen molar-refractivity contribution in [2.45, 2.75) is 33.7 Å². The SMILES string of the molecule is CC(C)Nc1cccc(NC(=O)C(C)C)c1. The molecular weight excluding hydrogens is 200 g/mol. The van der Waals surface area contributed by atoms with Crippen LogP contribution in [-0.4, -0.2) is 11.9 Å². The lowest BCUT2D eigenvalue weighted by Gasteiger charge is -2.12. The van der Waals surface area contributed by atoms with Crippen molar-refractivity contribution in [3.8, 4) is 0 Å². The van der Waals surface area contributed by atoms with Crippen LogP contribution in [0.4, 0.5) is 11.4 Å². The average molecular weight is 220 g/mol. The molecule has 3 nitrogen and oxygen atoms in total. The maximum atomic E-state index is 11.5. The van der Waals surface area contributed by atoms with Crippen LogP contribution < -0.4 is 10.6 Å². The fourth-order valence-corrected chi connectivity index (χ4v) is 1.31. The summed E-state index contributed by atoms with van der Waals surface area (Å²) in [6, 6.07) is 8.15. The van der Waals surface area contributed by atoms with Gasteiger partial charge in [-0.2, -0.15) is 0 Å². The van der Waals surface area contributed by atoms with Gasteiger partial charge in [0.2, 0.25) is 5.91 Å². The van der Waals surface area contributed by atoms with Crippen molar-refractivity contribution in [1.82, 2.24) is 0 Å². The van der Waals surface area contributed by atoms with Crippen LogP contribution >= 0.6 is 0 Å². The van der Waals surface area contributed by atoms with E-state index < -0.39 is 0 Å². The predicted octanol–water partition coefficient (Wildman–Crippen LogP) is 3.10. The summed E-state index contributed by atoms with van der Waals surface area (Å²) < 4.78 is 0. The lowest BCUT2D eigenvalue weighted by atomic mass is 10.2. The molecule has 0 unspecified atom stereocenters. The van der Waals surface area contributed by atoms with Crippen molar-refractivity contribution in [2.75, 3.05) is 10.6 Å². The van der Waals surface area contributed by atoms with Crippen molar-refractivity contribution in [3.63, 3.8) is 0 Å². The van der Waals surface area contributed by atoms with E-state index in [0.717, 1.165) is 11.4 Å². The summed E-state index contributed by atoms with van der Waals surface area (Å²) in [5.74, 6) is 0.0448. The second-order valence-electron chi connectivity index (χ2n) is 4.52. The highest BCUT2D eigenvalue weighted by atomic mass is 16.1. The number of anilines is 2. The Bertz CT molecular complexity index is 359. The standard InChI is InChI=1S/C13H20N2O/c1-9(2)13(16)15-12-7-5-6-11(8-12)14-10(3)4/h5-10,14H,1-4H3,(H,15,16). The van der Waals surface area contributed by atoms with Crippen LogP contribution in [0, 0.1) is 5.92 Å². The quantitative estimate of drug-likeness (QED) is 0.818. The van der Waals surface area contributed by atoms with Gasteiger partial charge in [0.05, 0.1) is 0 Å². The van der Waals surface area contributed by atoms with E-state index in [2.05, 4.69) is 24.5 Å². The van der Waals surface area contributed by atoms with Gasteiger partial charge in [-0.25, -0.2) is 0 Å². The van der Waals surface area contributed by atoms with Crippen molar-refractivity contribution in [1.29, 1.82) is 0 Å². The Hall–Kier alpha value is -1.51. The van der Waals surface area contributed by atoms with Gasteiger partial charge < -0.3 is 10.6 Å². The molecule has 0 aliphatic heterocycles. The second-order valence-corrected chi connectivity index (χ2v) is 4.52. The van der Waals surface area contributed by atoms with Crippen LogP contribution in [0.25, 0.3) is 0 Å². The highest BCUT2D eigenvalue weighted by Crippen LogP contribution is 2.16. The number of hydrogen-bond donors (Lipinski definition) is 2. The van der Waals surface area contributed by atoms with Gasteiger partial charge in [0, 0.05) is 23.3 Å². The fourth-order valence-electron chi connectivity index (χ4n) is 1.31. The number of nitrogens with one attached hydrogen (secondary N) is 2. The molecule has 3 heteroatoms. The van der Waals surface area contributed by atoms with Gasteiger partial charge in [-0.05, 0) is 32.0 Å².